The third-order valence-corrected chi connectivity index (χ3v) is 4.20. The van der Waals surface area contributed by atoms with Crippen molar-refractivity contribution in [3.8, 4) is 0 Å². The van der Waals surface area contributed by atoms with Gasteiger partial charge >= 0.3 is 0 Å². The monoisotopic (exact) mass is 286 g/mol. The molecule has 3 N–H and O–H groups in total. The number of aromatic nitrogens is 2. The van der Waals surface area contributed by atoms with Crippen molar-refractivity contribution in [1.29, 1.82) is 0 Å². The van der Waals surface area contributed by atoms with Crippen LogP contribution in [-0.2, 0) is 19.9 Å². The van der Waals surface area contributed by atoms with Gasteiger partial charge in [-0.1, -0.05) is 29.8 Å². The second kappa shape index (κ2) is 6.87. The second-order valence-corrected chi connectivity index (χ2v) is 5.87. The molecule has 1 heterocycles. The molecule has 0 spiro atoms. The zero-order valence-electron chi connectivity index (χ0n) is 13.5. The zero-order valence-corrected chi connectivity index (χ0v) is 13.5. The molecule has 2 rings (SSSR count). The average Bonchev–Trinajstić information content (AvgIpc) is 2.69. The van der Waals surface area contributed by atoms with E-state index < -0.39 is 0 Å². The highest BCUT2D eigenvalue weighted by Crippen LogP contribution is 2.16. The molecule has 4 heteroatoms. The van der Waals surface area contributed by atoms with Crippen molar-refractivity contribution in [2.75, 3.05) is 0 Å². The van der Waals surface area contributed by atoms with E-state index in [-0.39, 0.29) is 6.04 Å². The topological polar surface area (TPSA) is 55.9 Å². The van der Waals surface area contributed by atoms with E-state index in [1.54, 1.807) is 0 Å². The van der Waals surface area contributed by atoms with Crippen LogP contribution in [-0.4, -0.2) is 15.8 Å². The van der Waals surface area contributed by atoms with Gasteiger partial charge in [0.15, 0.2) is 0 Å². The van der Waals surface area contributed by atoms with Crippen molar-refractivity contribution < 1.29 is 0 Å². The number of nitrogens with two attached hydrogens (primary N) is 1. The Kier molecular flexibility index (Phi) is 5.15. The van der Waals surface area contributed by atoms with Crippen LogP contribution in [0, 0.1) is 20.8 Å². The lowest BCUT2D eigenvalue weighted by Crippen LogP contribution is -2.37. The van der Waals surface area contributed by atoms with Crippen molar-refractivity contribution in [2.45, 2.75) is 46.1 Å². The smallest absolute Gasteiger partial charge is 0.0628 e. The number of hydrazine groups is 1. The molecule has 21 heavy (non-hydrogen) atoms. The van der Waals surface area contributed by atoms with Crippen LogP contribution in [0.2, 0.25) is 0 Å². The lowest BCUT2D eigenvalue weighted by molar-refractivity contribution is 0.490. The van der Waals surface area contributed by atoms with Crippen molar-refractivity contribution in [1.82, 2.24) is 15.2 Å². The molecular formula is C17H26N4. The van der Waals surface area contributed by atoms with Gasteiger partial charge in [0.05, 0.1) is 5.69 Å². The SMILES string of the molecule is Cc1cccc(CC(CCc2c(C)nn(C)c2C)NN)c1. The molecule has 0 saturated heterocycles. The molecule has 0 saturated carbocycles. The lowest BCUT2D eigenvalue weighted by Gasteiger charge is -2.16. The summed E-state index contributed by atoms with van der Waals surface area (Å²) in [4.78, 5) is 0. The molecule has 0 amide bonds. The zero-order chi connectivity index (χ0) is 15.4. The molecule has 0 bridgehead atoms. The van der Waals surface area contributed by atoms with E-state index in [0.29, 0.717) is 0 Å². The summed E-state index contributed by atoms with van der Waals surface area (Å²) >= 11 is 0. The molecule has 114 valence electrons. The Labute approximate surface area is 127 Å². The first kappa shape index (κ1) is 15.7. The van der Waals surface area contributed by atoms with Crippen molar-refractivity contribution in [2.24, 2.45) is 12.9 Å². The van der Waals surface area contributed by atoms with E-state index in [0.717, 1.165) is 25.0 Å². The fourth-order valence-corrected chi connectivity index (χ4v) is 2.87. The van der Waals surface area contributed by atoms with Gasteiger partial charge in [-0.2, -0.15) is 5.10 Å². The Morgan fingerprint density at radius 1 is 1.29 bits per heavy atom. The van der Waals surface area contributed by atoms with E-state index in [1.165, 1.54) is 22.4 Å². The van der Waals surface area contributed by atoms with Crippen molar-refractivity contribution in [3.63, 3.8) is 0 Å². The van der Waals surface area contributed by atoms with E-state index in [2.05, 4.69) is 55.6 Å². The van der Waals surface area contributed by atoms with Crippen LogP contribution in [0.15, 0.2) is 24.3 Å². The highest BCUT2D eigenvalue weighted by Gasteiger charge is 2.13. The molecule has 0 radical (unpaired) electrons. The number of nitrogens with one attached hydrogen (secondary N) is 1. The van der Waals surface area contributed by atoms with Gasteiger partial charge in [0.1, 0.15) is 0 Å². The predicted molar refractivity (Wildman–Crippen MR) is 87.0 cm³/mol. The first-order valence-electron chi connectivity index (χ1n) is 7.52. The molecule has 2 aromatic rings. The van der Waals surface area contributed by atoms with Crippen LogP contribution in [0.1, 0.15) is 34.5 Å². The van der Waals surface area contributed by atoms with E-state index >= 15 is 0 Å². The molecule has 1 aromatic carbocycles. The van der Waals surface area contributed by atoms with Crippen LogP contribution >= 0.6 is 0 Å². The Bertz CT molecular complexity index is 601. The Morgan fingerprint density at radius 3 is 2.62 bits per heavy atom. The molecular weight excluding hydrogens is 260 g/mol. The quantitative estimate of drug-likeness (QED) is 0.633. The van der Waals surface area contributed by atoms with Crippen LogP contribution in [0.25, 0.3) is 0 Å². The van der Waals surface area contributed by atoms with Gasteiger partial charge in [-0.3, -0.25) is 16.0 Å². The van der Waals surface area contributed by atoms with Gasteiger partial charge in [-0.05, 0) is 51.2 Å². The van der Waals surface area contributed by atoms with Gasteiger partial charge in [0.2, 0.25) is 0 Å². The van der Waals surface area contributed by atoms with Crippen LogP contribution in [0.3, 0.4) is 0 Å². The summed E-state index contributed by atoms with van der Waals surface area (Å²) in [6.07, 6.45) is 2.97. The van der Waals surface area contributed by atoms with Crippen LogP contribution < -0.4 is 11.3 Å². The minimum Gasteiger partial charge on any atom is -0.272 e. The molecule has 0 aliphatic carbocycles. The number of hydrogen-bond acceptors (Lipinski definition) is 3. The normalized spacial score (nSPS) is 12.6. The second-order valence-electron chi connectivity index (χ2n) is 5.87. The molecule has 1 unspecified atom stereocenters. The minimum atomic E-state index is 0.283. The van der Waals surface area contributed by atoms with Gasteiger partial charge in [0, 0.05) is 18.8 Å². The minimum absolute atomic E-state index is 0.283. The molecule has 0 fully saturated rings. The standard InChI is InChI=1S/C17H26N4/c1-12-6-5-7-15(10-12)11-16(19-18)8-9-17-13(2)20-21(4)14(17)3/h5-7,10,16,19H,8-9,11,18H2,1-4H3. The van der Waals surface area contributed by atoms with E-state index in [4.69, 9.17) is 5.84 Å². The highest BCUT2D eigenvalue weighted by atomic mass is 15.3. The number of rotatable bonds is 6. The molecule has 0 aliphatic heterocycles. The average molecular weight is 286 g/mol. The molecule has 1 aromatic heterocycles. The van der Waals surface area contributed by atoms with E-state index in [9.17, 15) is 0 Å². The number of nitrogens with zero attached hydrogens (tertiary/aromatic N) is 2. The molecule has 0 aliphatic rings. The summed E-state index contributed by atoms with van der Waals surface area (Å²) < 4.78 is 1.95. The predicted octanol–water partition coefficient (Wildman–Crippen LogP) is 2.35. The summed E-state index contributed by atoms with van der Waals surface area (Å²) in [5.74, 6) is 5.73. The summed E-state index contributed by atoms with van der Waals surface area (Å²) in [6.45, 7) is 6.32. The Hall–Kier alpha value is -1.65. The first-order chi connectivity index (χ1) is 10.0. The maximum atomic E-state index is 5.73. The Balaban J connectivity index is 1.99. The highest BCUT2D eigenvalue weighted by molar-refractivity contribution is 5.25. The molecule has 4 nitrogen and oxygen atoms in total. The lowest BCUT2D eigenvalue weighted by atomic mass is 9.98. The first-order valence-corrected chi connectivity index (χ1v) is 7.52. The summed E-state index contributed by atoms with van der Waals surface area (Å²) in [6, 6.07) is 8.90. The van der Waals surface area contributed by atoms with E-state index in [1.807, 2.05) is 11.7 Å². The molecule has 1 atom stereocenters. The third-order valence-electron chi connectivity index (χ3n) is 4.20. The summed E-state index contributed by atoms with van der Waals surface area (Å²) in [7, 11) is 2.00. The third kappa shape index (κ3) is 3.93. The van der Waals surface area contributed by atoms with Crippen LogP contribution in [0.4, 0.5) is 0 Å². The Morgan fingerprint density at radius 2 is 2.05 bits per heavy atom. The van der Waals surface area contributed by atoms with Crippen LogP contribution in [0.5, 0.6) is 0 Å². The van der Waals surface area contributed by atoms with Crippen molar-refractivity contribution in [3.05, 3.63) is 52.3 Å². The number of hydrogen-bond donors (Lipinski definition) is 2. The van der Waals surface area contributed by atoms with Gasteiger partial charge in [-0.25, -0.2) is 0 Å². The maximum absolute atomic E-state index is 5.73. The fraction of sp³-hybridized carbons (Fsp3) is 0.471. The van der Waals surface area contributed by atoms with Gasteiger partial charge < -0.3 is 0 Å². The largest absolute Gasteiger partial charge is 0.272 e. The maximum Gasteiger partial charge on any atom is 0.0628 e. The fourth-order valence-electron chi connectivity index (χ4n) is 2.87. The summed E-state index contributed by atoms with van der Waals surface area (Å²) in [5.41, 5.74) is 9.31. The number of aryl methyl sites for hydroxylation is 3. The summed E-state index contributed by atoms with van der Waals surface area (Å²) in [5, 5.41) is 4.47. The number of benzene rings is 1. The van der Waals surface area contributed by atoms with Gasteiger partial charge in [0.25, 0.3) is 0 Å². The van der Waals surface area contributed by atoms with Crippen molar-refractivity contribution >= 4 is 0 Å². The van der Waals surface area contributed by atoms with Gasteiger partial charge in [-0.15, -0.1) is 0 Å².